The van der Waals surface area contributed by atoms with Gasteiger partial charge in [0, 0.05) is 37.2 Å². The van der Waals surface area contributed by atoms with Crippen molar-refractivity contribution in [2.45, 2.75) is 6.42 Å². The summed E-state index contributed by atoms with van der Waals surface area (Å²) in [6.07, 6.45) is 0.129. The van der Waals surface area contributed by atoms with E-state index in [1.165, 1.54) is 4.90 Å². The first kappa shape index (κ1) is 21.4. The lowest BCUT2D eigenvalue weighted by Gasteiger charge is -2.14. The Bertz CT molecular complexity index is 838. The average molecular weight is 448 g/mol. The van der Waals surface area contributed by atoms with Crippen molar-refractivity contribution in [3.63, 3.8) is 0 Å². The maximum Gasteiger partial charge on any atom is 0.259 e. The van der Waals surface area contributed by atoms with Gasteiger partial charge in [0.2, 0.25) is 5.91 Å². The van der Waals surface area contributed by atoms with Gasteiger partial charge in [-0.05, 0) is 36.4 Å². The number of rotatable bonds is 8. The number of halogens is 1. The highest BCUT2D eigenvalue weighted by molar-refractivity contribution is 9.10. The van der Waals surface area contributed by atoms with Gasteiger partial charge in [0.1, 0.15) is 5.75 Å². The van der Waals surface area contributed by atoms with Gasteiger partial charge in [0.15, 0.2) is 6.61 Å². The fourth-order valence-corrected chi connectivity index (χ4v) is 2.45. The van der Waals surface area contributed by atoms with E-state index in [0.29, 0.717) is 17.0 Å². The Morgan fingerprint density at radius 2 is 1.71 bits per heavy atom. The number of carbonyl (C=O) groups excluding carboxylic acids is 3. The molecular weight excluding hydrogens is 426 g/mol. The van der Waals surface area contributed by atoms with E-state index in [2.05, 4.69) is 26.6 Å². The molecule has 0 heterocycles. The van der Waals surface area contributed by atoms with Crippen LogP contribution in [0.3, 0.4) is 0 Å². The number of nitrogens with zero attached hydrogens (tertiary/aromatic N) is 1. The van der Waals surface area contributed by atoms with Crippen LogP contribution in [0.2, 0.25) is 0 Å². The molecule has 0 aliphatic carbocycles. The Morgan fingerprint density at radius 1 is 1.04 bits per heavy atom. The Balaban J connectivity index is 1.85. The summed E-state index contributed by atoms with van der Waals surface area (Å²) < 4.78 is 6.38. The molecule has 148 valence electrons. The van der Waals surface area contributed by atoms with E-state index >= 15 is 0 Å². The Labute approximate surface area is 172 Å². The molecule has 0 spiro atoms. The van der Waals surface area contributed by atoms with Crippen LogP contribution in [0.25, 0.3) is 0 Å². The maximum absolute atomic E-state index is 12.4. The van der Waals surface area contributed by atoms with Gasteiger partial charge in [0.05, 0.1) is 5.56 Å². The molecule has 0 bridgehead atoms. The zero-order valence-corrected chi connectivity index (χ0v) is 17.3. The summed E-state index contributed by atoms with van der Waals surface area (Å²) in [6, 6.07) is 13.9. The maximum atomic E-state index is 12.4. The first-order valence-corrected chi connectivity index (χ1v) is 9.41. The monoisotopic (exact) mass is 447 g/mol. The zero-order valence-electron chi connectivity index (χ0n) is 15.7. The summed E-state index contributed by atoms with van der Waals surface area (Å²) in [5.41, 5.74) is 0.992. The largest absolute Gasteiger partial charge is 0.483 e. The number of hydrogen-bond acceptors (Lipinski definition) is 4. The lowest BCUT2D eigenvalue weighted by molar-refractivity contribution is -0.130. The highest BCUT2D eigenvalue weighted by Gasteiger charge is 2.14. The second-order valence-electron chi connectivity index (χ2n) is 6.13. The van der Waals surface area contributed by atoms with Gasteiger partial charge >= 0.3 is 0 Å². The molecule has 3 amide bonds. The van der Waals surface area contributed by atoms with E-state index in [4.69, 9.17) is 4.74 Å². The summed E-state index contributed by atoms with van der Waals surface area (Å²) in [7, 11) is 3.26. The van der Waals surface area contributed by atoms with Gasteiger partial charge in [-0.25, -0.2) is 0 Å². The highest BCUT2D eigenvalue weighted by atomic mass is 79.9. The molecule has 28 heavy (non-hydrogen) atoms. The number of hydrogen-bond donors (Lipinski definition) is 2. The Morgan fingerprint density at radius 3 is 2.39 bits per heavy atom. The number of ether oxygens (including phenoxy) is 1. The fourth-order valence-electron chi connectivity index (χ4n) is 2.19. The second kappa shape index (κ2) is 10.5. The molecular formula is C20H22BrN3O4. The van der Waals surface area contributed by atoms with Crippen LogP contribution in [-0.4, -0.2) is 49.9 Å². The SMILES string of the molecule is CN(C)C(=O)COc1ccccc1C(=O)NCCC(=O)Nc1ccc(Br)cc1. The van der Waals surface area contributed by atoms with Crippen LogP contribution in [0.15, 0.2) is 53.0 Å². The van der Waals surface area contributed by atoms with Crippen LogP contribution in [0.1, 0.15) is 16.8 Å². The van der Waals surface area contributed by atoms with Crippen molar-refractivity contribution in [3.8, 4) is 5.75 Å². The topological polar surface area (TPSA) is 87.7 Å². The van der Waals surface area contributed by atoms with E-state index in [1.807, 2.05) is 12.1 Å². The number of nitrogens with one attached hydrogen (secondary N) is 2. The van der Waals surface area contributed by atoms with Crippen LogP contribution in [-0.2, 0) is 9.59 Å². The number of anilines is 1. The van der Waals surface area contributed by atoms with Gasteiger partial charge in [0.25, 0.3) is 11.8 Å². The minimum absolute atomic E-state index is 0.129. The van der Waals surface area contributed by atoms with Crippen LogP contribution >= 0.6 is 15.9 Å². The van der Waals surface area contributed by atoms with Gasteiger partial charge in [-0.2, -0.15) is 0 Å². The molecule has 0 aromatic heterocycles. The minimum Gasteiger partial charge on any atom is -0.483 e. The number of benzene rings is 2. The van der Waals surface area contributed by atoms with Crippen molar-refractivity contribution in [2.75, 3.05) is 32.6 Å². The van der Waals surface area contributed by atoms with Crippen molar-refractivity contribution in [2.24, 2.45) is 0 Å². The zero-order chi connectivity index (χ0) is 20.5. The predicted octanol–water partition coefficient (Wildman–Crippen LogP) is 2.67. The van der Waals surface area contributed by atoms with Crippen LogP contribution in [0, 0.1) is 0 Å². The van der Waals surface area contributed by atoms with Crippen molar-refractivity contribution in [1.82, 2.24) is 10.2 Å². The third-order valence-corrected chi connectivity index (χ3v) is 4.28. The van der Waals surface area contributed by atoms with Gasteiger partial charge in [-0.3, -0.25) is 14.4 Å². The number of carbonyl (C=O) groups is 3. The number of amides is 3. The summed E-state index contributed by atoms with van der Waals surface area (Å²) in [5, 5.41) is 5.45. The molecule has 0 fully saturated rings. The molecule has 0 saturated carbocycles. The number of para-hydroxylation sites is 1. The summed E-state index contributed by atoms with van der Waals surface area (Å²) in [4.78, 5) is 37.5. The standard InChI is InChI=1S/C20H22BrN3O4/c1-24(2)19(26)13-28-17-6-4-3-5-16(17)20(27)22-12-11-18(25)23-15-9-7-14(21)8-10-15/h3-10H,11-13H2,1-2H3,(H,22,27)(H,23,25). The van der Waals surface area contributed by atoms with Crippen LogP contribution in [0.4, 0.5) is 5.69 Å². The van der Waals surface area contributed by atoms with Crippen molar-refractivity contribution >= 4 is 39.3 Å². The summed E-state index contributed by atoms with van der Waals surface area (Å²) >= 11 is 3.33. The highest BCUT2D eigenvalue weighted by Crippen LogP contribution is 2.18. The number of likely N-dealkylation sites (N-methyl/N-ethyl adjacent to an activating group) is 1. The molecule has 2 rings (SSSR count). The second-order valence-corrected chi connectivity index (χ2v) is 7.05. The van der Waals surface area contributed by atoms with Crippen molar-refractivity contribution in [1.29, 1.82) is 0 Å². The molecule has 8 heteroatoms. The predicted molar refractivity (Wildman–Crippen MR) is 110 cm³/mol. The molecule has 0 aliphatic heterocycles. The summed E-state index contributed by atoms with van der Waals surface area (Å²) in [5.74, 6) is -0.470. The first-order valence-electron chi connectivity index (χ1n) is 8.62. The van der Waals surface area contributed by atoms with E-state index in [1.54, 1.807) is 50.5 Å². The van der Waals surface area contributed by atoms with Gasteiger partial charge < -0.3 is 20.3 Å². The van der Waals surface area contributed by atoms with E-state index < -0.39 is 0 Å². The molecule has 0 radical (unpaired) electrons. The smallest absolute Gasteiger partial charge is 0.259 e. The molecule has 7 nitrogen and oxygen atoms in total. The molecule has 0 aliphatic rings. The first-order chi connectivity index (χ1) is 13.4. The van der Waals surface area contributed by atoms with Crippen LogP contribution < -0.4 is 15.4 Å². The molecule has 2 aromatic rings. The molecule has 2 N–H and O–H groups in total. The third kappa shape index (κ3) is 6.70. The molecule has 0 atom stereocenters. The van der Waals surface area contributed by atoms with Crippen molar-refractivity contribution in [3.05, 3.63) is 58.6 Å². The third-order valence-electron chi connectivity index (χ3n) is 3.75. The quantitative estimate of drug-likeness (QED) is 0.650. The van der Waals surface area contributed by atoms with Crippen molar-refractivity contribution < 1.29 is 19.1 Å². The van der Waals surface area contributed by atoms with Crippen LogP contribution in [0.5, 0.6) is 5.75 Å². The Hall–Kier alpha value is -2.87. The summed E-state index contributed by atoms with van der Waals surface area (Å²) in [6.45, 7) is 0.0129. The van der Waals surface area contributed by atoms with E-state index in [-0.39, 0.29) is 37.3 Å². The van der Waals surface area contributed by atoms with Gasteiger partial charge in [-0.1, -0.05) is 28.1 Å². The Kier molecular flexibility index (Phi) is 8.01. The fraction of sp³-hybridized carbons (Fsp3) is 0.250. The molecule has 0 unspecified atom stereocenters. The van der Waals surface area contributed by atoms with E-state index in [0.717, 1.165) is 4.47 Å². The molecule has 0 saturated heterocycles. The van der Waals surface area contributed by atoms with Gasteiger partial charge in [-0.15, -0.1) is 0 Å². The van der Waals surface area contributed by atoms with E-state index in [9.17, 15) is 14.4 Å². The lowest BCUT2D eigenvalue weighted by Crippen LogP contribution is -2.29. The lowest BCUT2D eigenvalue weighted by atomic mass is 10.2. The average Bonchev–Trinajstić information content (AvgIpc) is 2.68. The molecule has 2 aromatic carbocycles. The minimum atomic E-state index is -0.371. The normalized spacial score (nSPS) is 10.1.